The minimum Gasteiger partial charge on any atom is -0.345 e. The van der Waals surface area contributed by atoms with Crippen LogP contribution in [0.3, 0.4) is 0 Å². The molecule has 1 aliphatic rings. The number of H-pyrrole nitrogens is 1. The van der Waals surface area contributed by atoms with Gasteiger partial charge in [-0.3, -0.25) is 4.79 Å². The molecule has 0 aliphatic carbocycles. The zero-order valence-corrected chi connectivity index (χ0v) is 14.4. The molecule has 4 rings (SSSR count). The van der Waals surface area contributed by atoms with Gasteiger partial charge in [0.05, 0.1) is 18.5 Å². The molecule has 2 aromatic heterocycles. The minimum atomic E-state index is 0.0218. The number of terminal acetylenes is 1. The summed E-state index contributed by atoms with van der Waals surface area (Å²) in [6.07, 6.45) is 6.84. The number of hydrogen-bond donors (Lipinski definition) is 1. The Hall–Kier alpha value is -2.59. The van der Waals surface area contributed by atoms with Crippen LogP contribution in [0.5, 0.6) is 0 Å². The maximum Gasteiger partial charge on any atom is 0.242 e. The van der Waals surface area contributed by atoms with E-state index in [1.165, 1.54) is 6.33 Å². The maximum absolute atomic E-state index is 12.3. The SMILES string of the molecule is C#CCN1CCN(c2ncnc3[nH]c4cc(Br)ccc4c23)CC1=O. The Balaban J connectivity index is 1.79. The zero-order chi connectivity index (χ0) is 16.7. The number of nitrogens with zero attached hydrogens (tertiary/aromatic N) is 4. The van der Waals surface area contributed by atoms with Gasteiger partial charge >= 0.3 is 0 Å². The topological polar surface area (TPSA) is 65.1 Å². The second kappa shape index (κ2) is 5.80. The van der Waals surface area contributed by atoms with Crippen molar-refractivity contribution in [2.24, 2.45) is 0 Å². The monoisotopic (exact) mass is 383 g/mol. The number of hydrogen-bond acceptors (Lipinski definition) is 4. The van der Waals surface area contributed by atoms with Crippen molar-refractivity contribution in [3.05, 3.63) is 29.0 Å². The van der Waals surface area contributed by atoms with E-state index in [-0.39, 0.29) is 12.5 Å². The molecular formula is C17H14BrN5O. The van der Waals surface area contributed by atoms with Gasteiger partial charge in [0.25, 0.3) is 0 Å². The van der Waals surface area contributed by atoms with E-state index in [2.05, 4.69) is 36.8 Å². The maximum atomic E-state index is 12.3. The second-order valence-electron chi connectivity index (χ2n) is 5.68. The van der Waals surface area contributed by atoms with E-state index in [0.717, 1.165) is 32.2 Å². The molecule has 0 atom stereocenters. The summed E-state index contributed by atoms with van der Waals surface area (Å²) in [5.74, 6) is 3.33. The molecule has 7 heteroatoms. The average Bonchev–Trinajstić information content (AvgIpc) is 2.94. The molecule has 0 saturated carbocycles. The first-order valence-corrected chi connectivity index (χ1v) is 8.35. The third kappa shape index (κ3) is 2.39. The van der Waals surface area contributed by atoms with Gasteiger partial charge in [-0.2, -0.15) is 0 Å². The van der Waals surface area contributed by atoms with Crippen molar-refractivity contribution in [1.82, 2.24) is 19.9 Å². The lowest BCUT2D eigenvalue weighted by atomic mass is 10.2. The first-order chi connectivity index (χ1) is 11.7. The Morgan fingerprint density at radius 1 is 1.33 bits per heavy atom. The largest absolute Gasteiger partial charge is 0.345 e. The number of carbonyl (C=O) groups is 1. The van der Waals surface area contributed by atoms with Crippen molar-refractivity contribution in [2.45, 2.75) is 0 Å². The quantitative estimate of drug-likeness (QED) is 0.688. The number of carbonyl (C=O) groups excluding carboxylic acids is 1. The lowest BCUT2D eigenvalue weighted by molar-refractivity contribution is -0.130. The third-order valence-corrected chi connectivity index (χ3v) is 4.72. The molecule has 0 spiro atoms. The molecule has 0 unspecified atom stereocenters. The number of amides is 1. The summed E-state index contributed by atoms with van der Waals surface area (Å²) < 4.78 is 0.995. The van der Waals surface area contributed by atoms with Gasteiger partial charge in [-0.05, 0) is 12.1 Å². The highest BCUT2D eigenvalue weighted by Gasteiger charge is 2.26. The van der Waals surface area contributed by atoms with Crippen molar-refractivity contribution in [1.29, 1.82) is 0 Å². The predicted molar refractivity (Wildman–Crippen MR) is 96.7 cm³/mol. The van der Waals surface area contributed by atoms with Gasteiger partial charge in [0.15, 0.2) is 0 Å². The molecule has 120 valence electrons. The number of aromatic amines is 1. The van der Waals surface area contributed by atoms with Crippen molar-refractivity contribution < 1.29 is 4.79 Å². The summed E-state index contributed by atoms with van der Waals surface area (Å²) in [5, 5.41) is 1.99. The minimum absolute atomic E-state index is 0.0218. The number of fused-ring (bicyclic) bond motifs is 3. The molecule has 0 bridgehead atoms. The van der Waals surface area contributed by atoms with Crippen molar-refractivity contribution in [3.8, 4) is 12.3 Å². The molecule has 1 N–H and O–H groups in total. The number of piperazine rings is 1. The first-order valence-electron chi connectivity index (χ1n) is 7.55. The van der Waals surface area contributed by atoms with E-state index in [1.807, 2.05) is 23.1 Å². The Bertz CT molecular complexity index is 990. The lowest BCUT2D eigenvalue weighted by Gasteiger charge is -2.34. The normalized spacial score (nSPS) is 15.2. The van der Waals surface area contributed by atoms with Crippen LogP contribution >= 0.6 is 15.9 Å². The third-order valence-electron chi connectivity index (χ3n) is 4.23. The Morgan fingerprint density at radius 3 is 3.00 bits per heavy atom. The lowest BCUT2D eigenvalue weighted by Crippen LogP contribution is -2.50. The molecule has 1 aliphatic heterocycles. The van der Waals surface area contributed by atoms with Crippen LogP contribution in [-0.2, 0) is 4.79 Å². The summed E-state index contributed by atoms with van der Waals surface area (Å²) in [4.78, 5) is 28.1. The molecule has 1 saturated heterocycles. The van der Waals surface area contributed by atoms with E-state index in [9.17, 15) is 4.79 Å². The van der Waals surface area contributed by atoms with Crippen molar-refractivity contribution >= 4 is 49.6 Å². The van der Waals surface area contributed by atoms with Gasteiger partial charge in [-0.25, -0.2) is 9.97 Å². The fourth-order valence-corrected chi connectivity index (χ4v) is 3.45. The van der Waals surface area contributed by atoms with Crippen LogP contribution in [0.2, 0.25) is 0 Å². The number of benzene rings is 1. The second-order valence-corrected chi connectivity index (χ2v) is 6.59. The molecule has 1 aromatic carbocycles. The molecule has 1 amide bonds. The molecule has 24 heavy (non-hydrogen) atoms. The average molecular weight is 384 g/mol. The van der Waals surface area contributed by atoms with E-state index in [1.54, 1.807) is 4.90 Å². The molecule has 1 fully saturated rings. The summed E-state index contributed by atoms with van der Waals surface area (Å²) in [7, 11) is 0. The van der Waals surface area contributed by atoms with Crippen LogP contribution in [0.15, 0.2) is 29.0 Å². The zero-order valence-electron chi connectivity index (χ0n) is 12.8. The number of halogens is 1. The van der Waals surface area contributed by atoms with Crippen LogP contribution in [0.25, 0.3) is 21.9 Å². The van der Waals surface area contributed by atoms with Gasteiger partial charge in [0, 0.05) is 28.5 Å². The van der Waals surface area contributed by atoms with Gasteiger partial charge in [0.1, 0.15) is 17.8 Å². The van der Waals surface area contributed by atoms with Gasteiger partial charge < -0.3 is 14.8 Å². The molecule has 3 aromatic rings. The summed E-state index contributed by atoms with van der Waals surface area (Å²) >= 11 is 3.48. The van der Waals surface area contributed by atoms with Crippen LogP contribution in [0.1, 0.15) is 0 Å². The van der Waals surface area contributed by atoms with E-state index in [0.29, 0.717) is 19.6 Å². The van der Waals surface area contributed by atoms with Crippen molar-refractivity contribution in [3.63, 3.8) is 0 Å². The Morgan fingerprint density at radius 2 is 2.21 bits per heavy atom. The smallest absolute Gasteiger partial charge is 0.242 e. The number of aromatic nitrogens is 3. The number of nitrogens with one attached hydrogen (secondary N) is 1. The van der Waals surface area contributed by atoms with Gasteiger partial charge in [-0.1, -0.05) is 27.9 Å². The van der Waals surface area contributed by atoms with Gasteiger partial charge in [0.2, 0.25) is 5.91 Å². The molecule has 0 radical (unpaired) electrons. The van der Waals surface area contributed by atoms with Gasteiger partial charge in [-0.15, -0.1) is 6.42 Å². The summed E-state index contributed by atoms with van der Waals surface area (Å²) in [6.45, 7) is 1.93. The summed E-state index contributed by atoms with van der Waals surface area (Å²) in [6, 6.07) is 6.03. The van der Waals surface area contributed by atoms with Crippen LogP contribution in [-0.4, -0.2) is 51.9 Å². The van der Waals surface area contributed by atoms with Crippen LogP contribution in [0, 0.1) is 12.3 Å². The highest BCUT2D eigenvalue weighted by molar-refractivity contribution is 9.10. The Kier molecular flexibility index (Phi) is 3.62. The number of rotatable bonds is 2. The number of anilines is 1. The van der Waals surface area contributed by atoms with Crippen LogP contribution < -0.4 is 4.90 Å². The predicted octanol–water partition coefficient (Wildman–Crippen LogP) is 2.16. The first kappa shape index (κ1) is 15.0. The highest BCUT2D eigenvalue weighted by Crippen LogP contribution is 2.32. The standard InChI is InChI=1S/C17H14BrN5O/c1-2-5-22-6-7-23(9-14(22)24)17-15-12-4-3-11(18)8-13(12)21-16(15)19-10-20-17/h1,3-4,8,10H,5-7,9H2,(H,19,20,21). The van der Waals surface area contributed by atoms with Crippen molar-refractivity contribution in [2.75, 3.05) is 31.1 Å². The highest BCUT2D eigenvalue weighted by atomic mass is 79.9. The fraction of sp³-hybridized carbons (Fsp3) is 0.235. The Labute approximate surface area is 147 Å². The fourth-order valence-electron chi connectivity index (χ4n) is 3.09. The van der Waals surface area contributed by atoms with E-state index in [4.69, 9.17) is 6.42 Å². The molecular weight excluding hydrogens is 370 g/mol. The van der Waals surface area contributed by atoms with E-state index >= 15 is 0 Å². The van der Waals surface area contributed by atoms with Crippen LogP contribution in [0.4, 0.5) is 5.82 Å². The van der Waals surface area contributed by atoms with E-state index < -0.39 is 0 Å². The molecule has 6 nitrogen and oxygen atoms in total. The molecule has 3 heterocycles. The summed E-state index contributed by atoms with van der Waals surface area (Å²) in [5.41, 5.74) is 1.75.